The molecule has 0 bridgehead atoms. The van der Waals surface area contributed by atoms with Crippen molar-refractivity contribution in [3.8, 4) is 0 Å². The van der Waals surface area contributed by atoms with Gasteiger partial charge in [-0.2, -0.15) is 0 Å². The lowest BCUT2D eigenvalue weighted by Crippen LogP contribution is -2.30. The van der Waals surface area contributed by atoms with Crippen LogP contribution in [0.4, 0.5) is 5.69 Å². The fourth-order valence-corrected chi connectivity index (χ4v) is 2.75. The van der Waals surface area contributed by atoms with E-state index >= 15 is 0 Å². The fraction of sp³-hybridized carbons (Fsp3) is 0.538. The maximum Gasteiger partial charge on any atom is 0.234 e. The summed E-state index contributed by atoms with van der Waals surface area (Å²) in [5.41, 5.74) is 1.47. The summed E-state index contributed by atoms with van der Waals surface area (Å²) in [6.07, 6.45) is 0. The van der Waals surface area contributed by atoms with Gasteiger partial charge in [-0.25, -0.2) is 8.42 Å². The van der Waals surface area contributed by atoms with E-state index in [1.54, 1.807) is 26.1 Å². The van der Waals surface area contributed by atoms with Crippen LogP contribution in [-0.4, -0.2) is 21.2 Å². The molecule has 1 aromatic rings. The molecule has 3 nitrogen and oxygen atoms in total. The van der Waals surface area contributed by atoms with E-state index in [9.17, 15) is 8.42 Å². The van der Waals surface area contributed by atoms with Gasteiger partial charge in [0, 0.05) is 12.1 Å². The summed E-state index contributed by atoms with van der Waals surface area (Å²) in [7, 11) is -1.71. The second-order valence-corrected chi connectivity index (χ2v) is 8.00. The summed E-state index contributed by atoms with van der Waals surface area (Å²) < 4.78 is 25.3. The molecule has 0 N–H and O–H groups in total. The topological polar surface area (TPSA) is 37.4 Å². The zero-order valence-electron chi connectivity index (χ0n) is 11.5. The highest BCUT2D eigenvalue weighted by atomic mass is 35.5. The Morgan fingerprint density at radius 3 is 2.28 bits per heavy atom. The zero-order chi connectivity index (χ0) is 14.1. The maximum atomic E-state index is 12.0. The molecule has 0 saturated carbocycles. The number of anilines is 1. The fourth-order valence-electron chi connectivity index (χ4n) is 1.74. The maximum absolute atomic E-state index is 12.0. The first-order chi connectivity index (χ1) is 8.09. The lowest BCUT2D eigenvalue weighted by atomic mass is 9.86. The standard InChI is InChI=1S/C13H20ClNO2S/c1-6-18(16,17)15(5)12-9-10(14)7-8-11(12)13(2,3)4/h7-9H,6H2,1-5H3. The minimum atomic E-state index is -3.28. The Bertz CT molecular complexity index is 532. The van der Waals surface area contributed by atoms with Gasteiger partial charge in [0.05, 0.1) is 11.4 Å². The van der Waals surface area contributed by atoms with E-state index in [0.717, 1.165) is 5.56 Å². The molecule has 1 aromatic carbocycles. The number of halogens is 1. The molecule has 0 aliphatic carbocycles. The third kappa shape index (κ3) is 3.18. The Morgan fingerprint density at radius 1 is 1.28 bits per heavy atom. The first kappa shape index (κ1) is 15.3. The predicted molar refractivity (Wildman–Crippen MR) is 78.0 cm³/mol. The highest BCUT2D eigenvalue weighted by molar-refractivity contribution is 7.92. The van der Waals surface area contributed by atoms with Gasteiger partial charge in [0.25, 0.3) is 0 Å². The second-order valence-electron chi connectivity index (χ2n) is 5.28. The molecule has 0 aliphatic heterocycles. The van der Waals surface area contributed by atoms with Gasteiger partial charge in [-0.05, 0) is 30.0 Å². The van der Waals surface area contributed by atoms with Crippen LogP contribution in [-0.2, 0) is 15.4 Å². The molecule has 18 heavy (non-hydrogen) atoms. The summed E-state index contributed by atoms with van der Waals surface area (Å²) in [4.78, 5) is 0. The minimum absolute atomic E-state index is 0.0690. The molecule has 0 aliphatic rings. The Hall–Kier alpha value is -0.740. The Kier molecular flexibility index (Phi) is 4.34. The van der Waals surface area contributed by atoms with Crippen LogP contribution in [0.5, 0.6) is 0 Å². The van der Waals surface area contributed by atoms with Gasteiger partial charge in [-0.15, -0.1) is 0 Å². The van der Waals surface area contributed by atoms with Crippen molar-refractivity contribution < 1.29 is 8.42 Å². The van der Waals surface area contributed by atoms with Gasteiger partial charge in [-0.1, -0.05) is 38.4 Å². The minimum Gasteiger partial charge on any atom is -0.273 e. The van der Waals surface area contributed by atoms with Crippen molar-refractivity contribution in [1.82, 2.24) is 0 Å². The molecule has 0 heterocycles. The molecule has 5 heteroatoms. The number of sulfonamides is 1. The Labute approximate surface area is 115 Å². The average Bonchev–Trinajstić information content (AvgIpc) is 2.26. The quantitative estimate of drug-likeness (QED) is 0.855. The summed E-state index contributed by atoms with van der Waals surface area (Å²) in [5.74, 6) is 0.0690. The number of rotatable bonds is 3. The SMILES string of the molecule is CCS(=O)(=O)N(C)c1cc(Cl)ccc1C(C)(C)C. The van der Waals surface area contributed by atoms with Gasteiger partial charge in [0.1, 0.15) is 0 Å². The normalized spacial score (nSPS) is 12.6. The van der Waals surface area contributed by atoms with Gasteiger partial charge >= 0.3 is 0 Å². The van der Waals surface area contributed by atoms with Crippen molar-refractivity contribution in [2.24, 2.45) is 0 Å². The molecule has 0 radical (unpaired) electrons. The monoisotopic (exact) mass is 289 g/mol. The van der Waals surface area contributed by atoms with Gasteiger partial charge in [0.15, 0.2) is 0 Å². The number of hydrogen-bond acceptors (Lipinski definition) is 2. The first-order valence-corrected chi connectivity index (χ1v) is 7.85. The molecular formula is C13H20ClNO2S. The molecule has 1 rings (SSSR count). The molecular weight excluding hydrogens is 270 g/mol. The molecule has 0 atom stereocenters. The first-order valence-electron chi connectivity index (χ1n) is 5.86. The third-order valence-electron chi connectivity index (χ3n) is 2.89. The predicted octanol–water partition coefficient (Wildman–Crippen LogP) is 3.42. The van der Waals surface area contributed by atoms with Gasteiger partial charge < -0.3 is 0 Å². The van der Waals surface area contributed by atoms with Crippen molar-refractivity contribution in [3.05, 3.63) is 28.8 Å². The van der Waals surface area contributed by atoms with Crippen LogP contribution in [0.25, 0.3) is 0 Å². The van der Waals surface area contributed by atoms with Crippen molar-refractivity contribution in [1.29, 1.82) is 0 Å². The molecule has 0 spiro atoms. The van der Waals surface area contributed by atoms with Crippen molar-refractivity contribution in [2.75, 3.05) is 17.1 Å². The number of benzene rings is 1. The zero-order valence-corrected chi connectivity index (χ0v) is 13.1. The molecule has 0 fully saturated rings. The molecule has 102 valence electrons. The van der Waals surface area contributed by atoms with Crippen LogP contribution in [0.1, 0.15) is 33.3 Å². The van der Waals surface area contributed by atoms with E-state index in [1.165, 1.54) is 4.31 Å². The van der Waals surface area contributed by atoms with Crippen molar-refractivity contribution in [3.63, 3.8) is 0 Å². The number of nitrogens with zero attached hydrogens (tertiary/aromatic N) is 1. The largest absolute Gasteiger partial charge is 0.273 e. The van der Waals surface area contributed by atoms with Crippen LogP contribution in [0.3, 0.4) is 0 Å². The van der Waals surface area contributed by atoms with Crippen molar-refractivity contribution >= 4 is 27.3 Å². The molecule has 0 unspecified atom stereocenters. The lowest BCUT2D eigenvalue weighted by molar-refractivity contribution is 0.585. The summed E-state index contributed by atoms with van der Waals surface area (Å²) in [5, 5.41) is 0.538. The number of hydrogen-bond donors (Lipinski definition) is 0. The summed E-state index contributed by atoms with van der Waals surface area (Å²) in [6.45, 7) is 7.78. The van der Waals surface area contributed by atoms with E-state index < -0.39 is 10.0 Å². The molecule has 0 aromatic heterocycles. The lowest BCUT2D eigenvalue weighted by Gasteiger charge is -2.28. The van der Waals surface area contributed by atoms with E-state index in [4.69, 9.17) is 11.6 Å². The molecule has 0 amide bonds. The van der Waals surface area contributed by atoms with Crippen LogP contribution in [0.2, 0.25) is 5.02 Å². The molecule has 0 saturated heterocycles. The smallest absolute Gasteiger partial charge is 0.234 e. The third-order valence-corrected chi connectivity index (χ3v) is 4.89. The van der Waals surface area contributed by atoms with E-state index in [2.05, 4.69) is 0 Å². The summed E-state index contributed by atoms with van der Waals surface area (Å²) >= 11 is 5.98. The van der Waals surface area contributed by atoms with Crippen LogP contribution >= 0.6 is 11.6 Å². The van der Waals surface area contributed by atoms with E-state index in [-0.39, 0.29) is 11.2 Å². The van der Waals surface area contributed by atoms with Gasteiger partial charge in [-0.3, -0.25) is 4.31 Å². The van der Waals surface area contributed by atoms with Crippen LogP contribution in [0, 0.1) is 0 Å². The van der Waals surface area contributed by atoms with E-state index in [1.807, 2.05) is 26.8 Å². The highest BCUT2D eigenvalue weighted by Gasteiger charge is 2.24. The van der Waals surface area contributed by atoms with Crippen molar-refractivity contribution in [2.45, 2.75) is 33.1 Å². The average molecular weight is 290 g/mol. The van der Waals surface area contributed by atoms with Crippen LogP contribution < -0.4 is 4.31 Å². The summed E-state index contributed by atoms with van der Waals surface area (Å²) in [6, 6.07) is 5.38. The Balaban J connectivity index is 3.44. The van der Waals surface area contributed by atoms with E-state index in [0.29, 0.717) is 10.7 Å². The van der Waals surface area contributed by atoms with Crippen LogP contribution in [0.15, 0.2) is 18.2 Å². The van der Waals surface area contributed by atoms with Gasteiger partial charge in [0.2, 0.25) is 10.0 Å². The highest BCUT2D eigenvalue weighted by Crippen LogP contribution is 2.34. The second kappa shape index (κ2) is 5.10. The Morgan fingerprint density at radius 2 is 1.83 bits per heavy atom.